The van der Waals surface area contributed by atoms with Crippen molar-refractivity contribution >= 4 is 11.9 Å². The third-order valence-corrected chi connectivity index (χ3v) is 3.77. The lowest BCUT2D eigenvalue weighted by Crippen LogP contribution is -2.39. The molecule has 0 unspecified atom stereocenters. The number of hydrogen-bond acceptors (Lipinski definition) is 2. The summed E-state index contributed by atoms with van der Waals surface area (Å²) < 4.78 is 0. The van der Waals surface area contributed by atoms with Crippen LogP contribution in [0, 0.1) is 0 Å². The predicted molar refractivity (Wildman–Crippen MR) is 72.3 cm³/mol. The molecule has 0 aliphatic carbocycles. The Labute approximate surface area is 109 Å². The number of guanidine groups is 1. The molecule has 2 aliphatic rings. The quantitative estimate of drug-likeness (QED) is 0.584. The van der Waals surface area contributed by atoms with Crippen LogP contribution in [0.5, 0.6) is 0 Å². The highest BCUT2D eigenvalue weighted by Crippen LogP contribution is 2.10. The summed E-state index contributed by atoms with van der Waals surface area (Å²) in [6, 6.07) is 0. The molecule has 0 aromatic rings. The molecule has 2 fully saturated rings. The minimum absolute atomic E-state index is 0.116. The van der Waals surface area contributed by atoms with Crippen molar-refractivity contribution in [2.45, 2.75) is 38.5 Å². The number of nitrogens with two attached hydrogens (primary N) is 1. The van der Waals surface area contributed by atoms with Crippen molar-refractivity contribution in [1.29, 1.82) is 0 Å². The first-order valence-electron chi connectivity index (χ1n) is 7.10. The van der Waals surface area contributed by atoms with Crippen LogP contribution in [0.15, 0.2) is 4.99 Å². The van der Waals surface area contributed by atoms with Crippen LogP contribution in [0.25, 0.3) is 0 Å². The number of rotatable bonds is 2. The van der Waals surface area contributed by atoms with Crippen molar-refractivity contribution in [3.05, 3.63) is 0 Å². The Morgan fingerprint density at radius 1 is 0.889 bits per heavy atom. The summed E-state index contributed by atoms with van der Waals surface area (Å²) in [5, 5.41) is 0. The van der Waals surface area contributed by atoms with Gasteiger partial charge in [-0.2, -0.15) is 0 Å². The van der Waals surface area contributed by atoms with Gasteiger partial charge in [-0.15, -0.1) is 0 Å². The maximum atomic E-state index is 11.8. The van der Waals surface area contributed by atoms with E-state index in [0.717, 1.165) is 39.0 Å². The van der Waals surface area contributed by atoms with E-state index in [-0.39, 0.29) is 12.5 Å². The first-order valence-corrected chi connectivity index (χ1v) is 7.10. The number of aliphatic imine (C=N–C) groups is 1. The Balaban J connectivity index is 1.81. The van der Waals surface area contributed by atoms with Crippen molar-refractivity contribution < 1.29 is 4.79 Å². The number of likely N-dealkylation sites (tertiary alicyclic amines) is 2. The average Bonchev–Trinajstić information content (AvgIpc) is 2.78. The predicted octanol–water partition coefficient (Wildman–Crippen LogP) is 0.799. The minimum atomic E-state index is 0.116. The zero-order valence-electron chi connectivity index (χ0n) is 11.1. The Bertz CT molecular complexity index is 302. The van der Waals surface area contributed by atoms with Crippen molar-refractivity contribution in [3.63, 3.8) is 0 Å². The van der Waals surface area contributed by atoms with Crippen LogP contribution in [0.3, 0.4) is 0 Å². The summed E-state index contributed by atoms with van der Waals surface area (Å²) in [6.45, 7) is 3.94. The molecule has 0 aromatic carbocycles. The van der Waals surface area contributed by atoms with Gasteiger partial charge in [0.2, 0.25) is 5.91 Å². The van der Waals surface area contributed by atoms with Gasteiger partial charge in [-0.25, -0.2) is 4.99 Å². The van der Waals surface area contributed by atoms with E-state index < -0.39 is 0 Å². The van der Waals surface area contributed by atoms with Gasteiger partial charge in [0.15, 0.2) is 5.96 Å². The fourth-order valence-electron chi connectivity index (χ4n) is 2.61. The summed E-state index contributed by atoms with van der Waals surface area (Å²) >= 11 is 0. The molecule has 2 aliphatic heterocycles. The maximum Gasteiger partial charge on any atom is 0.244 e. The molecular formula is C13H24N4O. The summed E-state index contributed by atoms with van der Waals surface area (Å²) in [4.78, 5) is 20.1. The molecule has 2 N–H and O–H groups in total. The van der Waals surface area contributed by atoms with E-state index in [1.165, 1.54) is 25.7 Å². The third-order valence-electron chi connectivity index (χ3n) is 3.77. The molecule has 0 radical (unpaired) electrons. The van der Waals surface area contributed by atoms with Crippen molar-refractivity contribution in [2.75, 3.05) is 32.7 Å². The Hall–Kier alpha value is -1.26. The zero-order chi connectivity index (χ0) is 12.8. The van der Waals surface area contributed by atoms with Gasteiger partial charge < -0.3 is 15.5 Å². The van der Waals surface area contributed by atoms with Gasteiger partial charge in [-0.1, -0.05) is 12.8 Å². The molecule has 102 valence electrons. The second-order valence-electron chi connectivity index (χ2n) is 5.16. The van der Waals surface area contributed by atoms with E-state index in [0.29, 0.717) is 5.96 Å². The second-order valence-corrected chi connectivity index (χ2v) is 5.16. The van der Waals surface area contributed by atoms with E-state index in [2.05, 4.69) is 9.89 Å². The molecule has 0 aromatic heterocycles. The van der Waals surface area contributed by atoms with E-state index in [1.54, 1.807) is 0 Å². The smallest absolute Gasteiger partial charge is 0.244 e. The Morgan fingerprint density at radius 2 is 1.39 bits per heavy atom. The molecule has 1 amide bonds. The summed E-state index contributed by atoms with van der Waals surface area (Å²) in [7, 11) is 0. The molecule has 0 saturated carbocycles. The minimum Gasteiger partial charge on any atom is -0.370 e. The molecule has 2 heterocycles. The van der Waals surface area contributed by atoms with E-state index >= 15 is 0 Å². The molecule has 5 heteroatoms. The van der Waals surface area contributed by atoms with E-state index in [9.17, 15) is 4.79 Å². The summed E-state index contributed by atoms with van der Waals surface area (Å²) in [5.41, 5.74) is 5.97. The van der Waals surface area contributed by atoms with Gasteiger partial charge in [0.05, 0.1) is 0 Å². The maximum absolute atomic E-state index is 11.8. The number of carbonyl (C=O) groups excluding carboxylic acids is 1. The van der Waals surface area contributed by atoms with Crippen LogP contribution in [0.2, 0.25) is 0 Å². The molecule has 0 atom stereocenters. The Morgan fingerprint density at radius 3 is 2.00 bits per heavy atom. The van der Waals surface area contributed by atoms with Gasteiger partial charge in [-0.3, -0.25) is 4.79 Å². The lowest BCUT2D eigenvalue weighted by atomic mass is 10.2. The first-order chi connectivity index (χ1) is 8.77. The number of nitrogens with zero attached hydrogens (tertiary/aromatic N) is 3. The van der Waals surface area contributed by atoms with Crippen LogP contribution in [-0.4, -0.2) is 54.4 Å². The number of hydrogen-bond donors (Lipinski definition) is 1. The van der Waals surface area contributed by atoms with Gasteiger partial charge in [0.1, 0.15) is 6.54 Å². The van der Waals surface area contributed by atoms with Gasteiger partial charge in [0.25, 0.3) is 0 Å². The molecule has 18 heavy (non-hydrogen) atoms. The fourth-order valence-corrected chi connectivity index (χ4v) is 2.61. The largest absolute Gasteiger partial charge is 0.370 e. The van der Waals surface area contributed by atoms with Gasteiger partial charge in [-0.05, 0) is 25.7 Å². The second kappa shape index (κ2) is 6.61. The molecule has 5 nitrogen and oxygen atoms in total. The van der Waals surface area contributed by atoms with Gasteiger partial charge >= 0.3 is 0 Å². The summed E-state index contributed by atoms with van der Waals surface area (Å²) in [5.74, 6) is 0.662. The molecule has 2 saturated heterocycles. The third kappa shape index (κ3) is 3.62. The van der Waals surface area contributed by atoms with Crippen molar-refractivity contribution in [3.8, 4) is 0 Å². The molecular weight excluding hydrogens is 228 g/mol. The fraction of sp³-hybridized carbons (Fsp3) is 0.846. The highest BCUT2D eigenvalue weighted by Gasteiger charge is 2.18. The van der Waals surface area contributed by atoms with Crippen LogP contribution in [0.4, 0.5) is 0 Å². The first kappa shape index (κ1) is 13.2. The monoisotopic (exact) mass is 252 g/mol. The van der Waals surface area contributed by atoms with Crippen LogP contribution < -0.4 is 5.73 Å². The lowest BCUT2D eigenvalue weighted by Gasteiger charge is -2.21. The number of amides is 1. The van der Waals surface area contributed by atoms with Crippen LogP contribution >= 0.6 is 0 Å². The van der Waals surface area contributed by atoms with Crippen LogP contribution in [-0.2, 0) is 4.79 Å². The highest BCUT2D eigenvalue weighted by atomic mass is 16.2. The number of carbonyl (C=O) groups is 1. The van der Waals surface area contributed by atoms with Crippen molar-refractivity contribution in [2.24, 2.45) is 10.7 Å². The molecule has 2 rings (SSSR count). The van der Waals surface area contributed by atoms with Crippen LogP contribution in [0.1, 0.15) is 38.5 Å². The SMILES string of the molecule is NC(=NCC(=O)N1CCCC1)N1CCCCCC1. The Kier molecular flexibility index (Phi) is 4.84. The standard InChI is InChI=1S/C13H24N4O/c14-13(17-9-3-1-2-4-10-17)15-11-12(18)16-7-5-6-8-16/h1-11H2,(H2,14,15). The topological polar surface area (TPSA) is 61.9 Å². The van der Waals surface area contributed by atoms with Crippen molar-refractivity contribution in [1.82, 2.24) is 9.80 Å². The zero-order valence-corrected chi connectivity index (χ0v) is 11.1. The van der Waals surface area contributed by atoms with E-state index in [4.69, 9.17) is 5.73 Å². The molecule has 0 spiro atoms. The summed E-state index contributed by atoms with van der Waals surface area (Å²) in [6.07, 6.45) is 7.15. The molecule has 0 bridgehead atoms. The van der Waals surface area contributed by atoms with Gasteiger partial charge in [0, 0.05) is 26.2 Å². The highest BCUT2D eigenvalue weighted by molar-refractivity contribution is 5.84. The van der Waals surface area contributed by atoms with E-state index in [1.807, 2.05) is 4.90 Å². The normalized spacial score (nSPS) is 22.1. The average molecular weight is 252 g/mol. The lowest BCUT2D eigenvalue weighted by molar-refractivity contribution is -0.128.